The van der Waals surface area contributed by atoms with E-state index in [1.807, 2.05) is 18.5 Å². The average Bonchev–Trinajstić information content (AvgIpc) is 2.67. The monoisotopic (exact) mass is 266 g/mol. The number of nitrogens with zero attached hydrogens (tertiary/aromatic N) is 1. The SMILES string of the molecule is C[C@@H](c1ccc(Br)nc1)[C@@]1(C)C=CNC1. The van der Waals surface area contributed by atoms with Crippen molar-refractivity contribution < 1.29 is 0 Å². The van der Waals surface area contributed by atoms with Crippen LogP contribution in [0.3, 0.4) is 0 Å². The molecule has 0 saturated heterocycles. The fraction of sp³-hybridized carbons (Fsp3) is 0.417. The predicted molar refractivity (Wildman–Crippen MR) is 65.6 cm³/mol. The minimum absolute atomic E-state index is 0.204. The van der Waals surface area contributed by atoms with Crippen molar-refractivity contribution in [2.45, 2.75) is 19.8 Å². The van der Waals surface area contributed by atoms with E-state index in [0.717, 1.165) is 11.1 Å². The van der Waals surface area contributed by atoms with Gasteiger partial charge in [-0.25, -0.2) is 4.98 Å². The van der Waals surface area contributed by atoms with Crippen LogP contribution in [0.4, 0.5) is 0 Å². The molecule has 0 fully saturated rings. The van der Waals surface area contributed by atoms with Crippen LogP contribution in [0.1, 0.15) is 25.3 Å². The van der Waals surface area contributed by atoms with Crippen molar-refractivity contribution in [3.8, 4) is 0 Å². The number of aromatic nitrogens is 1. The van der Waals surface area contributed by atoms with Crippen molar-refractivity contribution in [3.05, 3.63) is 40.8 Å². The van der Waals surface area contributed by atoms with Crippen molar-refractivity contribution >= 4 is 15.9 Å². The maximum Gasteiger partial charge on any atom is 0.106 e. The molecule has 0 saturated carbocycles. The fourth-order valence-electron chi connectivity index (χ4n) is 1.91. The number of hydrogen-bond acceptors (Lipinski definition) is 2. The number of hydrogen-bond donors (Lipinski definition) is 1. The van der Waals surface area contributed by atoms with E-state index in [1.54, 1.807) is 0 Å². The first-order chi connectivity index (χ1) is 7.12. The lowest BCUT2D eigenvalue weighted by molar-refractivity contribution is 0.368. The van der Waals surface area contributed by atoms with Crippen LogP contribution >= 0.6 is 15.9 Å². The molecule has 0 spiro atoms. The zero-order valence-electron chi connectivity index (χ0n) is 9.00. The summed E-state index contributed by atoms with van der Waals surface area (Å²) in [6.07, 6.45) is 6.24. The summed E-state index contributed by atoms with van der Waals surface area (Å²) in [6.45, 7) is 5.53. The largest absolute Gasteiger partial charge is 0.390 e. The first kappa shape index (κ1) is 10.7. The molecule has 0 unspecified atom stereocenters. The van der Waals surface area contributed by atoms with Gasteiger partial charge in [-0.3, -0.25) is 0 Å². The zero-order chi connectivity index (χ0) is 10.9. The number of halogens is 1. The van der Waals surface area contributed by atoms with E-state index in [1.165, 1.54) is 5.56 Å². The van der Waals surface area contributed by atoms with E-state index in [2.05, 4.69) is 52.2 Å². The lowest BCUT2D eigenvalue weighted by Gasteiger charge is -2.29. The maximum atomic E-state index is 4.27. The Bertz CT molecular complexity index is 372. The Labute approximate surface area is 98.9 Å². The molecule has 1 aromatic heterocycles. The van der Waals surface area contributed by atoms with Crippen molar-refractivity contribution in [3.63, 3.8) is 0 Å². The van der Waals surface area contributed by atoms with E-state index >= 15 is 0 Å². The summed E-state index contributed by atoms with van der Waals surface area (Å²) in [5.41, 5.74) is 1.49. The minimum atomic E-state index is 0.204. The standard InChI is InChI=1S/C12H15BrN2/c1-9(12(2)5-6-14-8-12)10-3-4-11(13)15-7-10/h3-7,9,14H,8H2,1-2H3/t9-,12-/m0/s1. The number of rotatable bonds is 2. The van der Waals surface area contributed by atoms with E-state index in [-0.39, 0.29) is 5.41 Å². The molecule has 2 heterocycles. The summed E-state index contributed by atoms with van der Waals surface area (Å²) in [5.74, 6) is 0.476. The average molecular weight is 267 g/mol. The zero-order valence-corrected chi connectivity index (χ0v) is 10.6. The van der Waals surface area contributed by atoms with Crippen LogP contribution < -0.4 is 5.32 Å². The summed E-state index contributed by atoms with van der Waals surface area (Å²) in [5, 5.41) is 3.26. The molecule has 2 nitrogen and oxygen atoms in total. The second-order valence-corrected chi connectivity index (χ2v) is 5.17. The molecular formula is C12H15BrN2. The smallest absolute Gasteiger partial charge is 0.106 e. The minimum Gasteiger partial charge on any atom is -0.390 e. The van der Waals surface area contributed by atoms with Crippen LogP contribution in [-0.2, 0) is 0 Å². The molecular weight excluding hydrogens is 252 g/mol. The summed E-state index contributed by atoms with van der Waals surface area (Å²) in [4.78, 5) is 4.27. The Morgan fingerprint density at radius 2 is 2.33 bits per heavy atom. The van der Waals surface area contributed by atoms with Gasteiger partial charge >= 0.3 is 0 Å². The van der Waals surface area contributed by atoms with Gasteiger partial charge in [0.25, 0.3) is 0 Å². The van der Waals surface area contributed by atoms with Crippen molar-refractivity contribution in [1.29, 1.82) is 0 Å². The lowest BCUT2D eigenvalue weighted by Crippen LogP contribution is -2.27. The summed E-state index contributed by atoms with van der Waals surface area (Å²) in [6, 6.07) is 4.14. The van der Waals surface area contributed by atoms with Crippen LogP contribution in [0.25, 0.3) is 0 Å². The first-order valence-corrected chi connectivity index (χ1v) is 5.94. The third kappa shape index (κ3) is 2.07. The Kier molecular flexibility index (Phi) is 2.83. The molecule has 1 aliphatic rings. The highest BCUT2D eigenvalue weighted by Crippen LogP contribution is 2.38. The van der Waals surface area contributed by atoms with Crippen LogP contribution in [0.2, 0.25) is 0 Å². The number of nitrogens with one attached hydrogen (secondary N) is 1. The molecule has 1 N–H and O–H groups in total. The van der Waals surface area contributed by atoms with E-state index in [4.69, 9.17) is 0 Å². The first-order valence-electron chi connectivity index (χ1n) is 5.14. The quantitative estimate of drug-likeness (QED) is 0.833. The molecule has 0 aliphatic carbocycles. The van der Waals surface area contributed by atoms with Crippen molar-refractivity contribution in [1.82, 2.24) is 10.3 Å². The molecule has 80 valence electrons. The second kappa shape index (κ2) is 3.97. The van der Waals surface area contributed by atoms with E-state index in [0.29, 0.717) is 5.92 Å². The normalized spacial score (nSPS) is 26.3. The summed E-state index contributed by atoms with van der Waals surface area (Å²) >= 11 is 3.35. The number of pyridine rings is 1. The predicted octanol–water partition coefficient (Wildman–Crippen LogP) is 3.07. The fourth-order valence-corrected chi connectivity index (χ4v) is 2.14. The van der Waals surface area contributed by atoms with Crippen LogP contribution in [-0.4, -0.2) is 11.5 Å². The van der Waals surface area contributed by atoms with Crippen LogP contribution in [0.5, 0.6) is 0 Å². The van der Waals surface area contributed by atoms with Gasteiger partial charge in [0, 0.05) is 18.2 Å². The van der Waals surface area contributed by atoms with Crippen molar-refractivity contribution in [2.75, 3.05) is 6.54 Å². The molecule has 2 rings (SSSR count). The molecule has 0 aromatic carbocycles. The molecule has 3 heteroatoms. The molecule has 0 radical (unpaired) electrons. The summed E-state index contributed by atoms with van der Waals surface area (Å²) in [7, 11) is 0. The van der Waals surface area contributed by atoms with Gasteiger partial charge in [-0.05, 0) is 39.7 Å². The lowest BCUT2D eigenvalue weighted by atomic mass is 9.76. The van der Waals surface area contributed by atoms with Gasteiger partial charge in [0.1, 0.15) is 4.60 Å². The third-order valence-electron chi connectivity index (χ3n) is 3.30. The van der Waals surface area contributed by atoms with Gasteiger partial charge in [0.05, 0.1) is 0 Å². The van der Waals surface area contributed by atoms with Crippen molar-refractivity contribution in [2.24, 2.45) is 5.41 Å². The van der Waals surface area contributed by atoms with Gasteiger partial charge in [-0.15, -0.1) is 0 Å². The Hall–Kier alpha value is -0.830. The third-order valence-corrected chi connectivity index (χ3v) is 3.77. The second-order valence-electron chi connectivity index (χ2n) is 4.36. The van der Waals surface area contributed by atoms with Crippen LogP contribution in [0.15, 0.2) is 35.2 Å². The topological polar surface area (TPSA) is 24.9 Å². The Morgan fingerprint density at radius 3 is 2.87 bits per heavy atom. The van der Waals surface area contributed by atoms with E-state index in [9.17, 15) is 0 Å². The van der Waals surface area contributed by atoms with Gasteiger partial charge in [-0.2, -0.15) is 0 Å². The highest BCUT2D eigenvalue weighted by molar-refractivity contribution is 9.10. The molecule has 2 atom stereocenters. The Morgan fingerprint density at radius 1 is 1.53 bits per heavy atom. The molecule has 1 aliphatic heterocycles. The van der Waals surface area contributed by atoms with Gasteiger partial charge in [0.15, 0.2) is 0 Å². The molecule has 0 bridgehead atoms. The summed E-state index contributed by atoms with van der Waals surface area (Å²) < 4.78 is 0.892. The van der Waals surface area contributed by atoms with Gasteiger partial charge in [0.2, 0.25) is 0 Å². The Balaban J connectivity index is 2.24. The molecule has 1 aromatic rings. The van der Waals surface area contributed by atoms with E-state index < -0.39 is 0 Å². The highest BCUT2D eigenvalue weighted by Gasteiger charge is 2.31. The maximum absolute atomic E-state index is 4.27. The highest BCUT2D eigenvalue weighted by atomic mass is 79.9. The van der Waals surface area contributed by atoms with Crippen LogP contribution in [0, 0.1) is 5.41 Å². The van der Waals surface area contributed by atoms with Gasteiger partial charge < -0.3 is 5.32 Å². The molecule has 15 heavy (non-hydrogen) atoms. The van der Waals surface area contributed by atoms with Gasteiger partial charge in [-0.1, -0.05) is 26.0 Å². The molecule has 0 amide bonds.